The predicted octanol–water partition coefficient (Wildman–Crippen LogP) is 1.01. The number of hydrogen-bond donors (Lipinski definition) is 2. The molecule has 5 heteroatoms. The summed E-state index contributed by atoms with van der Waals surface area (Å²) in [4.78, 5) is 10.2. The Morgan fingerprint density at radius 2 is 2.33 bits per heavy atom. The highest BCUT2D eigenvalue weighted by molar-refractivity contribution is 5.69. The predicted molar refractivity (Wildman–Crippen MR) is 52.3 cm³/mol. The van der Waals surface area contributed by atoms with E-state index in [1.54, 1.807) is 0 Å². The topological polar surface area (TPSA) is 58.6 Å². The third-order valence-electron chi connectivity index (χ3n) is 1.83. The third kappa shape index (κ3) is 3.55. The van der Waals surface area contributed by atoms with Crippen molar-refractivity contribution in [1.29, 1.82) is 0 Å². The molecule has 0 heterocycles. The molecule has 1 rings (SSSR count). The maximum absolute atomic E-state index is 12.9. The van der Waals surface area contributed by atoms with Gasteiger partial charge in [0.15, 0.2) is 0 Å². The minimum atomic E-state index is -0.953. The van der Waals surface area contributed by atoms with Gasteiger partial charge in [-0.1, -0.05) is 0 Å². The van der Waals surface area contributed by atoms with Gasteiger partial charge in [-0.15, -0.1) is 0 Å². The van der Waals surface area contributed by atoms with Crippen molar-refractivity contribution in [3.05, 3.63) is 29.6 Å². The van der Waals surface area contributed by atoms with Gasteiger partial charge in [-0.3, -0.25) is 4.79 Å². The minimum absolute atomic E-state index is 0.167. The van der Waals surface area contributed by atoms with Crippen molar-refractivity contribution < 1.29 is 19.0 Å². The lowest BCUT2D eigenvalue weighted by atomic mass is 10.2. The van der Waals surface area contributed by atoms with Crippen molar-refractivity contribution in [2.45, 2.75) is 6.54 Å². The van der Waals surface area contributed by atoms with E-state index in [1.165, 1.54) is 25.3 Å². The molecular formula is C10H12FNO3. The van der Waals surface area contributed by atoms with Gasteiger partial charge in [0.05, 0.1) is 13.7 Å². The smallest absolute Gasteiger partial charge is 0.317 e. The Morgan fingerprint density at radius 1 is 1.60 bits per heavy atom. The number of nitrogens with one attached hydrogen (secondary N) is 1. The normalized spacial score (nSPS) is 10.0. The fraction of sp³-hybridized carbons (Fsp3) is 0.300. The van der Waals surface area contributed by atoms with Gasteiger partial charge in [-0.05, 0) is 18.2 Å². The molecule has 0 spiro atoms. The number of methoxy groups -OCH3 is 1. The highest BCUT2D eigenvalue weighted by Crippen LogP contribution is 2.18. The number of hydrogen-bond acceptors (Lipinski definition) is 3. The minimum Gasteiger partial charge on any atom is -0.496 e. The molecule has 0 aromatic heterocycles. The summed E-state index contributed by atoms with van der Waals surface area (Å²) in [5, 5.41) is 11.1. The molecule has 0 fully saturated rings. The first-order valence-corrected chi connectivity index (χ1v) is 4.38. The van der Waals surface area contributed by atoms with E-state index in [0.717, 1.165) is 0 Å². The number of carboxylic acid groups (broad SMARTS) is 1. The first-order chi connectivity index (χ1) is 7.13. The first kappa shape index (κ1) is 11.5. The maximum atomic E-state index is 12.9. The van der Waals surface area contributed by atoms with Crippen molar-refractivity contribution >= 4 is 5.97 Å². The zero-order chi connectivity index (χ0) is 11.3. The molecule has 0 saturated carbocycles. The fourth-order valence-corrected chi connectivity index (χ4v) is 1.19. The van der Waals surface area contributed by atoms with E-state index in [0.29, 0.717) is 11.3 Å². The molecule has 0 unspecified atom stereocenters. The van der Waals surface area contributed by atoms with Crippen molar-refractivity contribution in [1.82, 2.24) is 5.32 Å². The Hall–Kier alpha value is -1.62. The fourth-order valence-electron chi connectivity index (χ4n) is 1.19. The van der Waals surface area contributed by atoms with Crippen molar-refractivity contribution in [3.63, 3.8) is 0 Å². The second-order valence-electron chi connectivity index (χ2n) is 2.95. The molecular weight excluding hydrogens is 201 g/mol. The molecule has 0 aliphatic carbocycles. The van der Waals surface area contributed by atoms with Gasteiger partial charge in [0.25, 0.3) is 0 Å². The van der Waals surface area contributed by atoms with Gasteiger partial charge in [-0.2, -0.15) is 0 Å². The van der Waals surface area contributed by atoms with E-state index in [2.05, 4.69) is 5.32 Å². The average molecular weight is 213 g/mol. The van der Waals surface area contributed by atoms with Crippen molar-refractivity contribution in [3.8, 4) is 5.75 Å². The number of carboxylic acids is 1. The van der Waals surface area contributed by atoms with E-state index >= 15 is 0 Å². The number of carbonyl (C=O) groups is 1. The summed E-state index contributed by atoms with van der Waals surface area (Å²) < 4.78 is 17.9. The molecule has 0 atom stereocenters. The Balaban J connectivity index is 2.65. The second kappa shape index (κ2) is 5.31. The van der Waals surface area contributed by atoms with E-state index in [-0.39, 0.29) is 18.9 Å². The maximum Gasteiger partial charge on any atom is 0.317 e. The molecule has 0 saturated heterocycles. The summed E-state index contributed by atoms with van der Waals surface area (Å²) in [6.07, 6.45) is 0. The molecule has 0 aliphatic heterocycles. The number of ether oxygens (including phenoxy) is 1. The van der Waals surface area contributed by atoms with Crippen LogP contribution < -0.4 is 10.1 Å². The number of rotatable bonds is 5. The molecule has 0 aliphatic rings. The molecule has 1 aromatic rings. The van der Waals surface area contributed by atoms with Gasteiger partial charge in [0.2, 0.25) is 0 Å². The lowest BCUT2D eigenvalue weighted by Gasteiger charge is -2.08. The molecule has 82 valence electrons. The summed E-state index contributed by atoms with van der Waals surface area (Å²) in [5.41, 5.74) is 0.596. The van der Waals surface area contributed by atoms with E-state index in [1.807, 2.05) is 0 Å². The van der Waals surface area contributed by atoms with Crippen molar-refractivity contribution in [2.24, 2.45) is 0 Å². The highest BCUT2D eigenvalue weighted by atomic mass is 19.1. The zero-order valence-electron chi connectivity index (χ0n) is 8.29. The van der Waals surface area contributed by atoms with Gasteiger partial charge in [0.1, 0.15) is 11.6 Å². The van der Waals surface area contributed by atoms with Crippen LogP contribution in [0.2, 0.25) is 0 Å². The largest absolute Gasteiger partial charge is 0.496 e. The van der Waals surface area contributed by atoms with Gasteiger partial charge in [0, 0.05) is 12.1 Å². The molecule has 0 radical (unpaired) electrons. The van der Waals surface area contributed by atoms with Crippen LogP contribution >= 0.6 is 0 Å². The van der Waals surface area contributed by atoms with Crippen LogP contribution in [0.4, 0.5) is 4.39 Å². The van der Waals surface area contributed by atoms with Crippen molar-refractivity contribution in [2.75, 3.05) is 13.7 Å². The Kier molecular flexibility index (Phi) is 4.05. The van der Waals surface area contributed by atoms with E-state index in [9.17, 15) is 9.18 Å². The quantitative estimate of drug-likeness (QED) is 0.766. The van der Waals surface area contributed by atoms with Crippen LogP contribution in [0.1, 0.15) is 5.56 Å². The molecule has 4 nitrogen and oxygen atoms in total. The summed E-state index contributed by atoms with van der Waals surface area (Å²) in [5.74, 6) is -0.789. The van der Waals surface area contributed by atoms with Gasteiger partial charge >= 0.3 is 5.97 Å². The van der Waals surface area contributed by atoms with Crippen LogP contribution in [0.3, 0.4) is 0 Å². The van der Waals surface area contributed by atoms with Crippen LogP contribution in [-0.4, -0.2) is 24.7 Å². The summed E-state index contributed by atoms with van der Waals surface area (Å²) >= 11 is 0. The average Bonchev–Trinajstić information content (AvgIpc) is 2.17. The molecule has 1 aromatic carbocycles. The number of benzene rings is 1. The Labute approximate surface area is 86.7 Å². The van der Waals surface area contributed by atoms with Gasteiger partial charge < -0.3 is 15.2 Å². The molecule has 15 heavy (non-hydrogen) atoms. The van der Waals surface area contributed by atoms with E-state index < -0.39 is 5.97 Å². The van der Waals surface area contributed by atoms with Gasteiger partial charge in [-0.25, -0.2) is 4.39 Å². The first-order valence-electron chi connectivity index (χ1n) is 4.38. The summed E-state index contributed by atoms with van der Waals surface area (Å²) in [6, 6.07) is 4.11. The summed E-state index contributed by atoms with van der Waals surface area (Å²) in [6.45, 7) is 0.0902. The highest BCUT2D eigenvalue weighted by Gasteiger charge is 2.04. The Morgan fingerprint density at radius 3 is 2.93 bits per heavy atom. The number of halogens is 1. The molecule has 2 N–H and O–H groups in total. The van der Waals surface area contributed by atoms with E-state index in [4.69, 9.17) is 9.84 Å². The lowest BCUT2D eigenvalue weighted by Crippen LogP contribution is -2.22. The Bertz CT molecular complexity index is 355. The van der Waals surface area contributed by atoms with Crippen LogP contribution in [0.5, 0.6) is 5.75 Å². The second-order valence-corrected chi connectivity index (χ2v) is 2.95. The SMILES string of the molecule is COc1ccc(F)cc1CNCC(=O)O. The standard InChI is InChI=1S/C10H12FNO3/c1-15-9-3-2-8(11)4-7(9)5-12-6-10(13)14/h2-4,12H,5-6H2,1H3,(H,13,14). The lowest BCUT2D eigenvalue weighted by molar-refractivity contribution is -0.135. The zero-order valence-corrected chi connectivity index (χ0v) is 8.29. The molecule has 0 amide bonds. The molecule has 0 bridgehead atoms. The van der Waals surface area contributed by atoms with Crippen LogP contribution in [0.25, 0.3) is 0 Å². The summed E-state index contributed by atoms with van der Waals surface area (Å²) in [7, 11) is 1.48. The van der Waals surface area contributed by atoms with Crippen LogP contribution in [0.15, 0.2) is 18.2 Å². The monoisotopic (exact) mass is 213 g/mol. The van der Waals surface area contributed by atoms with Crippen LogP contribution in [-0.2, 0) is 11.3 Å². The third-order valence-corrected chi connectivity index (χ3v) is 1.83. The van der Waals surface area contributed by atoms with Crippen LogP contribution in [0, 0.1) is 5.82 Å². The number of aliphatic carboxylic acids is 1.